The topological polar surface area (TPSA) is 55.9 Å². The highest BCUT2D eigenvalue weighted by Crippen LogP contribution is 2.28. The van der Waals surface area contributed by atoms with Crippen molar-refractivity contribution in [2.75, 3.05) is 12.9 Å². The summed E-state index contributed by atoms with van der Waals surface area (Å²) in [4.78, 5) is 22.6. The van der Waals surface area contributed by atoms with E-state index in [-0.39, 0.29) is 5.12 Å². The van der Waals surface area contributed by atoms with E-state index in [2.05, 4.69) is 11.7 Å². The van der Waals surface area contributed by atoms with Crippen molar-refractivity contribution in [2.45, 2.75) is 51.2 Å². The van der Waals surface area contributed by atoms with Crippen LogP contribution in [0.1, 0.15) is 39.0 Å². The molecule has 1 heterocycles. The highest BCUT2D eigenvalue weighted by Gasteiger charge is 2.51. The third kappa shape index (κ3) is 5.08. The number of epoxide rings is 1. The van der Waals surface area contributed by atoms with Crippen LogP contribution in [0.2, 0.25) is 0 Å². The molecule has 17 heavy (non-hydrogen) atoms. The average Bonchev–Trinajstić information content (AvgIpc) is 3.12. The van der Waals surface area contributed by atoms with E-state index in [9.17, 15) is 9.59 Å². The number of ether oxygens (including phenoxy) is 2. The van der Waals surface area contributed by atoms with Crippen LogP contribution in [0, 0.1) is 0 Å². The first-order chi connectivity index (χ1) is 8.20. The Morgan fingerprint density at radius 1 is 1.18 bits per heavy atom. The minimum atomic E-state index is -0.653. The number of carbonyl (C=O) groups excluding carboxylic acids is 2. The fraction of sp³-hybridized carbons (Fsp3) is 0.833. The molecule has 0 amide bonds. The average molecular weight is 260 g/mol. The molecule has 0 bridgehead atoms. The molecule has 0 spiro atoms. The number of rotatable bonds is 8. The Morgan fingerprint density at radius 3 is 2.53 bits per heavy atom. The Morgan fingerprint density at radius 2 is 1.88 bits per heavy atom. The summed E-state index contributed by atoms with van der Waals surface area (Å²) in [6, 6.07) is 0. The maximum atomic E-state index is 11.6. The van der Waals surface area contributed by atoms with E-state index in [4.69, 9.17) is 4.74 Å². The normalized spacial score (nSPS) is 22.2. The Kier molecular flexibility index (Phi) is 6.58. The molecule has 0 N–H and O–H groups in total. The van der Waals surface area contributed by atoms with Gasteiger partial charge in [-0.2, -0.15) is 0 Å². The van der Waals surface area contributed by atoms with Crippen molar-refractivity contribution in [3.63, 3.8) is 0 Å². The fourth-order valence-electron chi connectivity index (χ4n) is 1.55. The summed E-state index contributed by atoms with van der Waals surface area (Å²) in [6.45, 7) is 2.18. The molecule has 1 fully saturated rings. The number of carbonyl (C=O) groups is 2. The van der Waals surface area contributed by atoms with E-state index in [0.717, 1.165) is 12.2 Å². The van der Waals surface area contributed by atoms with Gasteiger partial charge in [0, 0.05) is 5.75 Å². The molecule has 1 aliphatic heterocycles. The SMILES string of the molecule is CCCCCCCSC(=O)[C@H]1O[C@H]1C(=O)OC. The molecule has 98 valence electrons. The van der Waals surface area contributed by atoms with Crippen molar-refractivity contribution in [3.05, 3.63) is 0 Å². The third-order valence-corrected chi connectivity index (χ3v) is 3.66. The van der Waals surface area contributed by atoms with E-state index >= 15 is 0 Å². The van der Waals surface area contributed by atoms with Crippen molar-refractivity contribution < 1.29 is 19.1 Å². The third-order valence-electron chi connectivity index (χ3n) is 2.65. The molecule has 0 unspecified atom stereocenters. The summed E-state index contributed by atoms with van der Waals surface area (Å²) >= 11 is 1.27. The van der Waals surface area contributed by atoms with Crippen LogP contribution in [0.25, 0.3) is 0 Å². The van der Waals surface area contributed by atoms with Gasteiger partial charge < -0.3 is 9.47 Å². The lowest BCUT2D eigenvalue weighted by molar-refractivity contribution is -0.142. The summed E-state index contributed by atoms with van der Waals surface area (Å²) in [6.07, 6.45) is 4.71. The van der Waals surface area contributed by atoms with Gasteiger partial charge in [-0.25, -0.2) is 4.79 Å². The van der Waals surface area contributed by atoms with Gasteiger partial charge in [0.15, 0.2) is 12.2 Å². The molecule has 1 saturated heterocycles. The Hall–Kier alpha value is -0.550. The van der Waals surface area contributed by atoms with Gasteiger partial charge in [0.2, 0.25) is 5.12 Å². The van der Waals surface area contributed by atoms with Crippen molar-refractivity contribution >= 4 is 22.8 Å². The van der Waals surface area contributed by atoms with E-state index in [1.54, 1.807) is 0 Å². The lowest BCUT2D eigenvalue weighted by Crippen LogP contribution is -2.15. The Labute approximate surface area is 106 Å². The van der Waals surface area contributed by atoms with Crippen LogP contribution in [0.15, 0.2) is 0 Å². The first kappa shape index (κ1) is 14.5. The predicted octanol–water partition coefficient (Wildman–Crippen LogP) is 2.16. The summed E-state index contributed by atoms with van der Waals surface area (Å²) in [5, 5.41) is -0.0455. The standard InChI is InChI=1S/C12H20O4S/c1-3-4-5-6-7-8-17-12(14)10-9(16-10)11(13)15-2/h9-10H,3-8H2,1-2H3/t9-,10+/m1/s1. The van der Waals surface area contributed by atoms with Crippen LogP contribution in [0.3, 0.4) is 0 Å². The zero-order chi connectivity index (χ0) is 12.7. The molecular weight excluding hydrogens is 240 g/mol. The maximum absolute atomic E-state index is 11.6. The van der Waals surface area contributed by atoms with Crippen molar-refractivity contribution in [3.8, 4) is 0 Å². The first-order valence-electron chi connectivity index (χ1n) is 6.10. The molecule has 1 rings (SSSR count). The molecule has 0 aromatic rings. The largest absolute Gasteiger partial charge is 0.467 e. The minimum Gasteiger partial charge on any atom is -0.467 e. The summed E-state index contributed by atoms with van der Waals surface area (Å²) in [7, 11) is 1.30. The molecule has 0 saturated carbocycles. The number of methoxy groups -OCH3 is 1. The Balaban J connectivity index is 2.01. The van der Waals surface area contributed by atoms with E-state index < -0.39 is 18.2 Å². The van der Waals surface area contributed by atoms with E-state index in [1.807, 2.05) is 0 Å². The van der Waals surface area contributed by atoms with Gasteiger partial charge in [-0.3, -0.25) is 4.79 Å². The Bertz CT molecular complexity index is 267. The second-order valence-corrected chi connectivity index (χ2v) is 5.18. The first-order valence-corrected chi connectivity index (χ1v) is 7.09. The summed E-state index contributed by atoms with van der Waals surface area (Å²) < 4.78 is 9.48. The number of hydrogen-bond donors (Lipinski definition) is 0. The predicted molar refractivity (Wildman–Crippen MR) is 66.9 cm³/mol. The van der Waals surface area contributed by atoms with Crippen LogP contribution in [-0.4, -0.2) is 36.2 Å². The van der Waals surface area contributed by atoms with Crippen LogP contribution in [-0.2, 0) is 19.1 Å². The lowest BCUT2D eigenvalue weighted by atomic mass is 10.2. The van der Waals surface area contributed by atoms with Crippen molar-refractivity contribution in [1.29, 1.82) is 0 Å². The van der Waals surface area contributed by atoms with Gasteiger partial charge in [-0.05, 0) is 6.42 Å². The van der Waals surface area contributed by atoms with Gasteiger partial charge >= 0.3 is 5.97 Å². The fourth-order valence-corrected chi connectivity index (χ4v) is 2.44. The highest BCUT2D eigenvalue weighted by molar-refractivity contribution is 8.13. The minimum absolute atomic E-state index is 0.0455. The molecule has 4 nitrogen and oxygen atoms in total. The molecule has 1 aliphatic rings. The maximum Gasteiger partial charge on any atom is 0.338 e. The van der Waals surface area contributed by atoms with Gasteiger partial charge in [0.05, 0.1) is 7.11 Å². The van der Waals surface area contributed by atoms with Gasteiger partial charge in [0.1, 0.15) is 0 Å². The monoisotopic (exact) mass is 260 g/mol. The van der Waals surface area contributed by atoms with Crippen molar-refractivity contribution in [1.82, 2.24) is 0 Å². The van der Waals surface area contributed by atoms with Crippen LogP contribution < -0.4 is 0 Å². The molecule has 2 atom stereocenters. The molecule has 0 aromatic carbocycles. The number of esters is 1. The summed E-state index contributed by atoms with van der Waals surface area (Å²) in [5.74, 6) is 0.364. The van der Waals surface area contributed by atoms with Gasteiger partial charge in [0.25, 0.3) is 0 Å². The van der Waals surface area contributed by atoms with Gasteiger partial charge in [-0.1, -0.05) is 44.4 Å². The molecule has 0 aromatic heterocycles. The van der Waals surface area contributed by atoms with E-state index in [0.29, 0.717) is 0 Å². The number of hydrogen-bond acceptors (Lipinski definition) is 5. The van der Waals surface area contributed by atoms with E-state index in [1.165, 1.54) is 44.6 Å². The zero-order valence-electron chi connectivity index (χ0n) is 10.4. The molecule has 0 radical (unpaired) electrons. The quantitative estimate of drug-likeness (QED) is 0.380. The zero-order valence-corrected chi connectivity index (χ0v) is 11.3. The van der Waals surface area contributed by atoms with Gasteiger partial charge in [-0.15, -0.1) is 0 Å². The van der Waals surface area contributed by atoms with Crippen molar-refractivity contribution in [2.24, 2.45) is 0 Å². The second kappa shape index (κ2) is 7.71. The number of unbranched alkanes of at least 4 members (excludes halogenated alkanes) is 4. The molecule has 5 heteroatoms. The highest BCUT2D eigenvalue weighted by atomic mass is 32.2. The van der Waals surface area contributed by atoms with Crippen LogP contribution in [0.5, 0.6) is 0 Å². The molecular formula is C12H20O4S. The molecule has 0 aliphatic carbocycles. The lowest BCUT2D eigenvalue weighted by Gasteiger charge is -1.99. The smallest absolute Gasteiger partial charge is 0.338 e. The number of thioether (sulfide) groups is 1. The summed E-state index contributed by atoms with van der Waals surface area (Å²) in [5.41, 5.74) is 0. The van der Waals surface area contributed by atoms with Crippen LogP contribution in [0.4, 0.5) is 0 Å². The van der Waals surface area contributed by atoms with Crippen LogP contribution >= 0.6 is 11.8 Å². The second-order valence-electron chi connectivity index (χ2n) is 4.08.